The highest BCUT2D eigenvalue weighted by molar-refractivity contribution is 6.33. The lowest BCUT2D eigenvalue weighted by Crippen LogP contribution is -2.52. The summed E-state index contributed by atoms with van der Waals surface area (Å²) in [7, 11) is 0. The lowest BCUT2D eigenvalue weighted by Gasteiger charge is -2.37. The van der Waals surface area contributed by atoms with Gasteiger partial charge in [0, 0.05) is 0 Å². The van der Waals surface area contributed by atoms with Crippen LogP contribution in [0.5, 0.6) is 0 Å². The SMILES string of the molecule is Cl[C@@H]1[C@@H](Cl)[C@@H]2ON=C[C@H]12. The Bertz CT molecular complexity index is 161. The Morgan fingerprint density at radius 3 is 2.78 bits per heavy atom. The van der Waals surface area contributed by atoms with Gasteiger partial charge in [0.25, 0.3) is 0 Å². The molecule has 0 spiro atoms. The van der Waals surface area contributed by atoms with Crippen LogP contribution in [0.4, 0.5) is 0 Å². The molecule has 50 valence electrons. The van der Waals surface area contributed by atoms with Crippen molar-refractivity contribution in [1.82, 2.24) is 0 Å². The fraction of sp³-hybridized carbons (Fsp3) is 0.800. The average molecular weight is 166 g/mol. The van der Waals surface area contributed by atoms with Gasteiger partial charge in [0.15, 0.2) is 6.10 Å². The second-order valence-corrected chi connectivity index (χ2v) is 3.30. The fourth-order valence-corrected chi connectivity index (χ4v) is 1.85. The van der Waals surface area contributed by atoms with E-state index in [1.54, 1.807) is 6.21 Å². The first-order valence-corrected chi connectivity index (χ1v) is 3.65. The highest BCUT2D eigenvalue weighted by atomic mass is 35.5. The van der Waals surface area contributed by atoms with E-state index in [1.807, 2.05) is 0 Å². The number of nitrogens with zero attached hydrogens (tertiary/aromatic N) is 1. The van der Waals surface area contributed by atoms with Gasteiger partial charge < -0.3 is 4.84 Å². The van der Waals surface area contributed by atoms with Crippen LogP contribution in [0, 0.1) is 5.92 Å². The van der Waals surface area contributed by atoms with Crippen molar-refractivity contribution in [3.05, 3.63) is 0 Å². The maximum absolute atomic E-state index is 5.80. The summed E-state index contributed by atoms with van der Waals surface area (Å²) in [5.74, 6) is 0.258. The lowest BCUT2D eigenvalue weighted by atomic mass is 9.82. The van der Waals surface area contributed by atoms with Crippen LogP contribution in [0.25, 0.3) is 0 Å². The Morgan fingerprint density at radius 1 is 1.33 bits per heavy atom. The molecule has 0 bridgehead atoms. The minimum absolute atomic E-state index is 0.0166. The maximum Gasteiger partial charge on any atom is 0.154 e. The molecule has 0 amide bonds. The number of alkyl halides is 2. The van der Waals surface area contributed by atoms with Gasteiger partial charge in [-0.2, -0.15) is 0 Å². The van der Waals surface area contributed by atoms with Crippen LogP contribution >= 0.6 is 23.2 Å². The third kappa shape index (κ3) is 0.606. The Kier molecular flexibility index (Phi) is 1.14. The molecular formula is C5H5Cl2NO. The van der Waals surface area contributed by atoms with Gasteiger partial charge in [0.05, 0.1) is 22.9 Å². The molecule has 4 heteroatoms. The molecule has 2 aliphatic rings. The second-order valence-electron chi connectivity index (χ2n) is 2.29. The molecule has 0 unspecified atom stereocenters. The monoisotopic (exact) mass is 165 g/mol. The van der Waals surface area contributed by atoms with E-state index in [0.717, 1.165) is 0 Å². The summed E-state index contributed by atoms with van der Waals surface area (Å²) in [4.78, 5) is 4.89. The molecule has 0 N–H and O–H groups in total. The molecule has 1 aliphatic carbocycles. The van der Waals surface area contributed by atoms with Gasteiger partial charge in [-0.3, -0.25) is 0 Å². The van der Waals surface area contributed by atoms with Gasteiger partial charge in [0.1, 0.15) is 0 Å². The number of oxime groups is 1. The van der Waals surface area contributed by atoms with E-state index in [4.69, 9.17) is 28.0 Å². The van der Waals surface area contributed by atoms with E-state index in [1.165, 1.54) is 0 Å². The van der Waals surface area contributed by atoms with Crippen molar-refractivity contribution in [1.29, 1.82) is 0 Å². The summed E-state index contributed by atoms with van der Waals surface area (Å²) >= 11 is 11.6. The maximum atomic E-state index is 5.80. The van der Waals surface area contributed by atoms with Crippen LogP contribution in [0.15, 0.2) is 5.16 Å². The Hall–Kier alpha value is 0.0500. The van der Waals surface area contributed by atoms with Gasteiger partial charge in [-0.15, -0.1) is 23.2 Å². The van der Waals surface area contributed by atoms with Crippen LogP contribution in [-0.4, -0.2) is 23.1 Å². The summed E-state index contributed by atoms with van der Waals surface area (Å²) in [5, 5.41) is 3.58. The molecular weight excluding hydrogens is 161 g/mol. The van der Waals surface area contributed by atoms with Crippen molar-refractivity contribution in [2.45, 2.75) is 16.9 Å². The van der Waals surface area contributed by atoms with E-state index in [9.17, 15) is 0 Å². The molecule has 4 atom stereocenters. The molecule has 9 heavy (non-hydrogen) atoms. The van der Waals surface area contributed by atoms with E-state index < -0.39 is 0 Å². The quantitative estimate of drug-likeness (QED) is 0.495. The molecule has 1 aliphatic heterocycles. The Labute approximate surface area is 62.8 Å². The van der Waals surface area contributed by atoms with Crippen LogP contribution in [0.1, 0.15) is 0 Å². The van der Waals surface area contributed by atoms with E-state index >= 15 is 0 Å². The zero-order valence-electron chi connectivity index (χ0n) is 4.50. The summed E-state index contributed by atoms with van der Waals surface area (Å²) in [6.07, 6.45) is 1.77. The summed E-state index contributed by atoms with van der Waals surface area (Å²) in [5.41, 5.74) is 0. The third-order valence-corrected chi connectivity index (χ3v) is 2.99. The number of hydrogen-bond acceptors (Lipinski definition) is 2. The highest BCUT2D eigenvalue weighted by Gasteiger charge is 2.52. The first kappa shape index (κ1) is 5.81. The Balaban J connectivity index is 2.12. The first-order chi connectivity index (χ1) is 4.30. The van der Waals surface area contributed by atoms with Crippen molar-refractivity contribution in [3.63, 3.8) is 0 Å². The van der Waals surface area contributed by atoms with Gasteiger partial charge >= 0.3 is 0 Å². The lowest BCUT2D eigenvalue weighted by molar-refractivity contribution is 0.0168. The van der Waals surface area contributed by atoms with E-state index in [0.29, 0.717) is 0 Å². The fourth-order valence-electron chi connectivity index (χ4n) is 1.11. The third-order valence-electron chi connectivity index (χ3n) is 1.78. The molecule has 2 rings (SSSR count). The first-order valence-electron chi connectivity index (χ1n) is 2.78. The molecule has 0 saturated heterocycles. The summed E-state index contributed by atoms with van der Waals surface area (Å²) < 4.78 is 0. The zero-order chi connectivity index (χ0) is 6.43. The van der Waals surface area contributed by atoms with Crippen LogP contribution in [0.2, 0.25) is 0 Å². The molecule has 0 aromatic rings. The van der Waals surface area contributed by atoms with Crippen LogP contribution in [-0.2, 0) is 4.84 Å². The van der Waals surface area contributed by atoms with Gasteiger partial charge in [0.2, 0.25) is 0 Å². The number of fused-ring (bicyclic) bond motifs is 1. The Morgan fingerprint density at radius 2 is 2.11 bits per heavy atom. The second kappa shape index (κ2) is 1.77. The van der Waals surface area contributed by atoms with Gasteiger partial charge in [-0.25, -0.2) is 0 Å². The molecule has 1 heterocycles. The highest BCUT2D eigenvalue weighted by Crippen LogP contribution is 2.41. The molecule has 0 aromatic carbocycles. The summed E-state index contributed by atoms with van der Waals surface area (Å²) in [6, 6.07) is 0. The number of hydrogen-bond donors (Lipinski definition) is 0. The average Bonchev–Trinajstić information content (AvgIpc) is 2.30. The van der Waals surface area contributed by atoms with Crippen molar-refractivity contribution in [2.75, 3.05) is 0 Å². The predicted octanol–water partition coefficient (Wildman–Crippen LogP) is 1.22. The predicted molar refractivity (Wildman–Crippen MR) is 36.1 cm³/mol. The minimum atomic E-state index is -0.0563. The van der Waals surface area contributed by atoms with Gasteiger partial charge in [-0.05, 0) is 0 Å². The summed E-state index contributed by atoms with van der Waals surface area (Å²) in [6.45, 7) is 0. The van der Waals surface area contributed by atoms with Crippen LogP contribution < -0.4 is 0 Å². The number of rotatable bonds is 0. The van der Waals surface area contributed by atoms with Crippen molar-refractivity contribution in [2.24, 2.45) is 11.1 Å². The van der Waals surface area contributed by atoms with Crippen molar-refractivity contribution < 1.29 is 4.84 Å². The van der Waals surface area contributed by atoms with Crippen molar-refractivity contribution in [3.8, 4) is 0 Å². The van der Waals surface area contributed by atoms with Gasteiger partial charge in [-0.1, -0.05) is 5.16 Å². The van der Waals surface area contributed by atoms with Crippen LogP contribution in [0.3, 0.4) is 0 Å². The molecule has 1 saturated carbocycles. The molecule has 0 radical (unpaired) electrons. The molecule has 1 fully saturated rings. The largest absolute Gasteiger partial charge is 0.390 e. The minimum Gasteiger partial charge on any atom is -0.390 e. The van der Waals surface area contributed by atoms with E-state index in [-0.39, 0.29) is 22.8 Å². The number of halogens is 2. The standard InChI is InChI=1S/C5H5Cl2NO/c6-3-2-1-8-9-5(2)4(3)7/h1-5H/t2-,3+,4-,5-/m1/s1. The molecule has 0 aromatic heterocycles. The van der Waals surface area contributed by atoms with E-state index in [2.05, 4.69) is 5.16 Å². The van der Waals surface area contributed by atoms with Crippen molar-refractivity contribution >= 4 is 29.4 Å². The normalized spacial score (nSPS) is 54.0. The zero-order valence-corrected chi connectivity index (χ0v) is 6.01. The smallest absolute Gasteiger partial charge is 0.154 e. The molecule has 2 nitrogen and oxygen atoms in total. The topological polar surface area (TPSA) is 21.6 Å².